The lowest BCUT2D eigenvalue weighted by Gasteiger charge is -2.41. The van der Waals surface area contributed by atoms with Gasteiger partial charge in [0.15, 0.2) is 0 Å². The van der Waals surface area contributed by atoms with Gasteiger partial charge in [-0.05, 0) is 0 Å². The summed E-state index contributed by atoms with van der Waals surface area (Å²) in [6, 6.07) is -0.434. The van der Waals surface area contributed by atoms with Crippen molar-refractivity contribution in [1.29, 1.82) is 0 Å². The molecule has 0 aromatic rings. The van der Waals surface area contributed by atoms with E-state index >= 15 is 0 Å². The van der Waals surface area contributed by atoms with Crippen LogP contribution >= 0.6 is 0 Å². The van der Waals surface area contributed by atoms with Gasteiger partial charge >= 0.3 is 12.0 Å². The van der Waals surface area contributed by atoms with Crippen molar-refractivity contribution in [1.82, 2.24) is 0 Å². The first-order valence-corrected chi connectivity index (χ1v) is 5.46. The van der Waals surface area contributed by atoms with Gasteiger partial charge in [0, 0.05) is 5.92 Å². The highest BCUT2D eigenvalue weighted by molar-refractivity contribution is 5.84. The molecule has 1 aliphatic rings. The van der Waals surface area contributed by atoms with Crippen LogP contribution in [-0.2, 0) is 9.59 Å². The predicted molar refractivity (Wildman–Crippen MR) is 56.7 cm³/mol. The molecule has 5 nitrogen and oxygen atoms in total. The van der Waals surface area contributed by atoms with Gasteiger partial charge in [0.2, 0.25) is 0 Å². The highest BCUT2D eigenvalue weighted by Crippen LogP contribution is 2.30. The van der Waals surface area contributed by atoms with Crippen LogP contribution in [0.3, 0.4) is 0 Å². The molecule has 0 aliphatic carbocycles. The molecule has 0 spiro atoms. The number of piperidine rings is 1. The van der Waals surface area contributed by atoms with Gasteiger partial charge in [-0.2, -0.15) is 9.28 Å². The molecule has 0 bridgehead atoms. The summed E-state index contributed by atoms with van der Waals surface area (Å²) >= 11 is 0. The summed E-state index contributed by atoms with van der Waals surface area (Å²) < 4.78 is -0.594. The maximum absolute atomic E-state index is 11.7. The number of rotatable bonds is 1. The Bertz CT molecular complexity index is 321. The van der Waals surface area contributed by atoms with Crippen LogP contribution < -0.4 is 0 Å². The van der Waals surface area contributed by atoms with Gasteiger partial charge in [0.25, 0.3) is 0 Å². The number of carboxylic acid groups (broad SMARTS) is 1. The molecule has 5 heteroatoms. The van der Waals surface area contributed by atoms with Crippen molar-refractivity contribution in [2.24, 2.45) is 5.92 Å². The lowest BCUT2D eigenvalue weighted by molar-refractivity contribution is -0.814. The predicted octanol–water partition coefficient (Wildman–Crippen LogP) is 1.42. The molecule has 1 heterocycles. The van der Waals surface area contributed by atoms with Gasteiger partial charge in [-0.15, -0.1) is 0 Å². The van der Waals surface area contributed by atoms with Gasteiger partial charge in [-0.3, -0.25) is 4.79 Å². The number of carbonyl (C=O) groups is 3. The smallest absolute Gasteiger partial charge is 0.435 e. The van der Waals surface area contributed by atoms with Gasteiger partial charge in [0.1, 0.15) is 18.4 Å². The summed E-state index contributed by atoms with van der Waals surface area (Å²) in [6.07, 6.45) is -0.780. The number of likely N-dealkylation sites (tertiary alicyclic amines) is 1. The van der Waals surface area contributed by atoms with Crippen molar-refractivity contribution in [3.63, 3.8) is 0 Å². The third-order valence-corrected chi connectivity index (χ3v) is 3.42. The highest BCUT2D eigenvalue weighted by Gasteiger charge is 2.53. The summed E-state index contributed by atoms with van der Waals surface area (Å²) in [4.78, 5) is 34.4. The largest absolute Gasteiger partial charge is 0.521 e. The average Bonchev–Trinajstić information content (AvgIpc) is 2.16. The maximum Gasteiger partial charge on any atom is 0.521 e. The van der Waals surface area contributed by atoms with E-state index in [1.54, 1.807) is 0 Å². The molecule has 2 amide bonds. The number of imide groups is 1. The minimum Gasteiger partial charge on any atom is -0.435 e. The molecular weight excluding hydrogens is 210 g/mol. The second-order valence-electron chi connectivity index (χ2n) is 4.70. The molecule has 2 unspecified atom stereocenters. The van der Waals surface area contributed by atoms with Gasteiger partial charge in [-0.25, -0.2) is 4.79 Å². The Balaban J connectivity index is 3.18. The van der Waals surface area contributed by atoms with E-state index in [4.69, 9.17) is 0 Å². The van der Waals surface area contributed by atoms with Crippen molar-refractivity contribution in [3.8, 4) is 0 Å². The Morgan fingerprint density at radius 2 is 2.00 bits per heavy atom. The second kappa shape index (κ2) is 4.33. The lowest BCUT2D eigenvalue weighted by atomic mass is 9.89. The molecular formula is C11H18NO4+. The summed E-state index contributed by atoms with van der Waals surface area (Å²) in [5, 5.41) is 9.30. The van der Waals surface area contributed by atoms with E-state index in [0.717, 1.165) is 0 Å². The standard InChI is InChI=1S/C11H17NO4/c1-7(2)10-6-9(14)4-5-12(10,8(3)13)11(15)16/h7,10H,4-6H2,1-3H3/p+1. The maximum atomic E-state index is 11.7. The summed E-state index contributed by atoms with van der Waals surface area (Å²) in [6.45, 7) is 5.08. The topological polar surface area (TPSA) is 71.4 Å². The van der Waals surface area contributed by atoms with Crippen molar-refractivity contribution in [2.75, 3.05) is 6.54 Å². The molecule has 0 radical (unpaired) electrons. The van der Waals surface area contributed by atoms with Crippen LogP contribution in [0.15, 0.2) is 0 Å². The fraction of sp³-hybridized carbons (Fsp3) is 0.727. The average molecular weight is 228 g/mol. The molecule has 1 N–H and O–H groups in total. The van der Waals surface area contributed by atoms with Gasteiger partial charge in [-0.1, -0.05) is 13.8 Å². The first kappa shape index (κ1) is 12.8. The fourth-order valence-electron chi connectivity index (χ4n) is 2.47. The Labute approximate surface area is 94.6 Å². The summed E-state index contributed by atoms with van der Waals surface area (Å²) in [7, 11) is 0. The molecule has 90 valence electrons. The van der Waals surface area contributed by atoms with E-state index in [1.807, 2.05) is 13.8 Å². The number of carbonyl (C=O) groups excluding carboxylic acids is 2. The minimum absolute atomic E-state index is 0.00995. The van der Waals surface area contributed by atoms with E-state index in [1.165, 1.54) is 6.92 Å². The van der Waals surface area contributed by atoms with E-state index in [9.17, 15) is 19.5 Å². The van der Waals surface area contributed by atoms with E-state index in [0.29, 0.717) is 0 Å². The molecule has 2 atom stereocenters. The van der Waals surface area contributed by atoms with Crippen molar-refractivity contribution >= 4 is 17.8 Å². The van der Waals surface area contributed by atoms with E-state index in [-0.39, 0.29) is 31.1 Å². The lowest BCUT2D eigenvalue weighted by Crippen LogP contribution is -2.66. The molecule has 1 rings (SSSR count). The van der Waals surface area contributed by atoms with Crippen molar-refractivity contribution in [2.45, 2.75) is 39.7 Å². The number of quaternary nitrogens is 1. The number of amides is 2. The third kappa shape index (κ3) is 1.87. The van der Waals surface area contributed by atoms with Crippen LogP contribution in [0.2, 0.25) is 0 Å². The van der Waals surface area contributed by atoms with Crippen LogP contribution in [0.25, 0.3) is 0 Å². The van der Waals surface area contributed by atoms with Crippen LogP contribution in [0.4, 0.5) is 4.79 Å². The van der Waals surface area contributed by atoms with Crippen LogP contribution in [-0.4, -0.2) is 40.0 Å². The zero-order chi connectivity index (χ0) is 12.5. The zero-order valence-electron chi connectivity index (χ0n) is 9.90. The monoisotopic (exact) mass is 228 g/mol. The Morgan fingerprint density at radius 3 is 2.38 bits per heavy atom. The third-order valence-electron chi connectivity index (χ3n) is 3.42. The molecule has 1 aliphatic heterocycles. The van der Waals surface area contributed by atoms with Crippen LogP contribution in [0.5, 0.6) is 0 Å². The number of ketones is 1. The molecule has 1 saturated heterocycles. The summed E-state index contributed by atoms with van der Waals surface area (Å²) in [5.74, 6) is -0.349. The van der Waals surface area contributed by atoms with Crippen molar-refractivity contribution in [3.05, 3.63) is 0 Å². The SMILES string of the molecule is CC(=O)[N+]1(C(=O)O)CCC(=O)CC1C(C)C. The highest BCUT2D eigenvalue weighted by atomic mass is 16.4. The number of nitrogens with zero attached hydrogens (tertiary/aromatic N) is 1. The Kier molecular flexibility index (Phi) is 3.48. The quantitative estimate of drug-likeness (QED) is 0.689. The number of hydrogen-bond acceptors (Lipinski definition) is 3. The number of hydrogen-bond donors (Lipinski definition) is 1. The van der Waals surface area contributed by atoms with E-state index < -0.39 is 22.5 Å². The normalized spacial score (nSPS) is 30.5. The zero-order valence-corrected chi connectivity index (χ0v) is 9.90. The van der Waals surface area contributed by atoms with Gasteiger partial charge in [0.05, 0.1) is 19.8 Å². The second-order valence-corrected chi connectivity index (χ2v) is 4.70. The first-order valence-electron chi connectivity index (χ1n) is 5.46. The van der Waals surface area contributed by atoms with Crippen LogP contribution in [0, 0.1) is 5.92 Å². The number of Topliss-reactive ketones (excluding diaryl/α,β-unsaturated/α-hetero) is 1. The van der Waals surface area contributed by atoms with Crippen LogP contribution in [0.1, 0.15) is 33.6 Å². The Hall–Kier alpha value is -1.23. The molecule has 1 fully saturated rings. The van der Waals surface area contributed by atoms with E-state index in [2.05, 4.69) is 0 Å². The van der Waals surface area contributed by atoms with Crippen molar-refractivity contribution < 1.29 is 24.0 Å². The fourth-order valence-corrected chi connectivity index (χ4v) is 2.47. The Morgan fingerprint density at radius 1 is 1.44 bits per heavy atom. The summed E-state index contributed by atoms with van der Waals surface area (Å²) in [5.41, 5.74) is 0. The van der Waals surface area contributed by atoms with Gasteiger partial charge < -0.3 is 5.11 Å². The molecule has 0 aromatic carbocycles. The molecule has 0 aromatic heterocycles. The molecule has 16 heavy (non-hydrogen) atoms. The first-order chi connectivity index (χ1) is 7.32. The molecule has 0 saturated carbocycles. The minimum atomic E-state index is -1.14.